The second-order valence-corrected chi connectivity index (χ2v) is 7.24. The van der Waals surface area contributed by atoms with Crippen molar-refractivity contribution in [1.29, 1.82) is 0 Å². The summed E-state index contributed by atoms with van der Waals surface area (Å²) in [5.74, 6) is 0. The highest BCUT2D eigenvalue weighted by Crippen LogP contribution is 2.41. The number of rotatable bonds is 1. The van der Waals surface area contributed by atoms with E-state index in [1.54, 1.807) is 0 Å². The summed E-state index contributed by atoms with van der Waals surface area (Å²) in [6.07, 6.45) is 5.94. The number of fused-ring (bicyclic) bond motifs is 1. The minimum absolute atomic E-state index is 0.141. The van der Waals surface area contributed by atoms with Crippen LogP contribution < -0.4 is 5.73 Å². The van der Waals surface area contributed by atoms with E-state index < -0.39 is 0 Å². The molecule has 0 radical (unpaired) electrons. The van der Waals surface area contributed by atoms with Crippen LogP contribution in [-0.4, -0.2) is 0 Å². The van der Waals surface area contributed by atoms with Gasteiger partial charge in [0.25, 0.3) is 0 Å². The van der Waals surface area contributed by atoms with Crippen LogP contribution in [0.25, 0.3) is 10.8 Å². The van der Waals surface area contributed by atoms with Crippen LogP contribution in [0.3, 0.4) is 0 Å². The predicted octanol–water partition coefficient (Wildman–Crippen LogP) is 4.98. The topological polar surface area (TPSA) is 26.0 Å². The zero-order chi connectivity index (χ0) is 14.2. The predicted molar refractivity (Wildman–Crippen MR) is 86.7 cm³/mol. The molecule has 1 atom stereocenters. The molecule has 3 rings (SSSR count). The van der Waals surface area contributed by atoms with E-state index in [0.29, 0.717) is 5.41 Å². The molecule has 1 fully saturated rings. The Morgan fingerprint density at radius 1 is 0.850 bits per heavy atom. The van der Waals surface area contributed by atoms with Gasteiger partial charge >= 0.3 is 0 Å². The summed E-state index contributed by atoms with van der Waals surface area (Å²) in [4.78, 5) is 0. The van der Waals surface area contributed by atoms with Crippen LogP contribution in [0.2, 0.25) is 0 Å². The Morgan fingerprint density at radius 3 is 2.40 bits per heavy atom. The zero-order valence-electron chi connectivity index (χ0n) is 12.7. The van der Waals surface area contributed by atoms with Crippen LogP contribution in [0.15, 0.2) is 42.5 Å². The first-order chi connectivity index (χ1) is 9.49. The van der Waals surface area contributed by atoms with Crippen LogP contribution >= 0.6 is 0 Å². The molecule has 0 saturated heterocycles. The molecule has 1 aliphatic rings. The van der Waals surface area contributed by atoms with Crippen LogP contribution in [0.4, 0.5) is 0 Å². The first-order valence-corrected chi connectivity index (χ1v) is 7.77. The Hall–Kier alpha value is -1.34. The quantitative estimate of drug-likeness (QED) is 0.724. The third kappa shape index (κ3) is 2.60. The highest BCUT2D eigenvalue weighted by Gasteiger charge is 2.33. The third-order valence-electron chi connectivity index (χ3n) is 5.05. The van der Waals surface area contributed by atoms with E-state index >= 15 is 0 Å². The van der Waals surface area contributed by atoms with Crippen LogP contribution in [0, 0.1) is 5.41 Å². The highest BCUT2D eigenvalue weighted by atomic mass is 14.7. The molecule has 0 amide bonds. The van der Waals surface area contributed by atoms with E-state index in [2.05, 4.69) is 56.3 Å². The molecule has 0 spiro atoms. The van der Waals surface area contributed by atoms with Crippen molar-refractivity contribution in [3.05, 3.63) is 48.0 Å². The Morgan fingerprint density at radius 2 is 1.60 bits per heavy atom. The molecule has 0 aromatic heterocycles. The summed E-state index contributed by atoms with van der Waals surface area (Å²) < 4.78 is 0. The Kier molecular flexibility index (Phi) is 3.33. The second kappa shape index (κ2) is 4.89. The molecule has 0 heterocycles. The SMILES string of the molecule is CC1(C)CCCC(N)(c2ccc3ccccc3c2)CC1. The van der Waals surface area contributed by atoms with Gasteiger partial charge in [-0.15, -0.1) is 0 Å². The first kappa shape index (κ1) is 13.6. The fourth-order valence-electron chi connectivity index (χ4n) is 3.48. The van der Waals surface area contributed by atoms with Gasteiger partial charge < -0.3 is 5.73 Å². The average Bonchev–Trinajstić information content (AvgIpc) is 2.58. The zero-order valence-corrected chi connectivity index (χ0v) is 12.7. The van der Waals surface area contributed by atoms with Crippen LogP contribution in [0.5, 0.6) is 0 Å². The summed E-state index contributed by atoms with van der Waals surface area (Å²) in [5, 5.41) is 2.60. The van der Waals surface area contributed by atoms with Gasteiger partial charge in [-0.25, -0.2) is 0 Å². The van der Waals surface area contributed by atoms with Gasteiger partial charge in [-0.2, -0.15) is 0 Å². The largest absolute Gasteiger partial charge is 0.321 e. The van der Waals surface area contributed by atoms with Crippen LogP contribution in [-0.2, 0) is 5.54 Å². The van der Waals surface area contributed by atoms with E-state index in [1.807, 2.05) is 0 Å². The lowest BCUT2D eigenvalue weighted by Crippen LogP contribution is -2.36. The second-order valence-electron chi connectivity index (χ2n) is 7.24. The lowest BCUT2D eigenvalue weighted by atomic mass is 9.80. The van der Waals surface area contributed by atoms with Crippen molar-refractivity contribution in [2.24, 2.45) is 11.1 Å². The summed E-state index contributed by atoms with van der Waals surface area (Å²) in [6, 6.07) is 15.3. The molecule has 1 heteroatoms. The minimum Gasteiger partial charge on any atom is -0.321 e. The van der Waals surface area contributed by atoms with Gasteiger partial charge in [0.2, 0.25) is 0 Å². The summed E-state index contributed by atoms with van der Waals surface area (Å²) in [5.41, 5.74) is 8.41. The molecule has 106 valence electrons. The molecule has 0 aliphatic heterocycles. The van der Waals surface area contributed by atoms with Crippen molar-refractivity contribution < 1.29 is 0 Å². The molecular weight excluding hydrogens is 242 g/mol. The monoisotopic (exact) mass is 267 g/mol. The van der Waals surface area contributed by atoms with Crippen molar-refractivity contribution in [2.45, 2.75) is 51.5 Å². The van der Waals surface area contributed by atoms with Gasteiger partial charge in [-0.1, -0.05) is 56.7 Å². The highest BCUT2D eigenvalue weighted by molar-refractivity contribution is 5.83. The van der Waals surface area contributed by atoms with Gasteiger partial charge in [0, 0.05) is 5.54 Å². The van der Waals surface area contributed by atoms with Gasteiger partial charge in [0.15, 0.2) is 0 Å². The van der Waals surface area contributed by atoms with Gasteiger partial charge in [-0.05, 0) is 53.5 Å². The smallest absolute Gasteiger partial charge is 0.0410 e. The molecular formula is C19H25N. The van der Waals surface area contributed by atoms with Crippen molar-refractivity contribution in [2.75, 3.05) is 0 Å². The lowest BCUT2D eigenvalue weighted by molar-refractivity contribution is 0.299. The van der Waals surface area contributed by atoms with Crippen molar-refractivity contribution in [1.82, 2.24) is 0 Å². The molecule has 1 nitrogen and oxygen atoms in total. The van der Waals surface area contributed by atoms with Gasteiger partial charge in [0.1, 0.15) is 0 Å². The average molecular weight is 267 g/mol. The molecule has 20 heavy (non-hydrogen) atoms. The van der Waals surface area contributed by atoms with E-state index in [-0.39, 0.29) is 5.54 Å². The van der Waals surface area contributed by atoms with Crippen molar-refractivity contribution in [3.63, 3.8) is 0 Å². The van der Waals surface area contributed by atoms with Gasteiger partial charge in [-0.3, -0.25) is 0 Å². The Balaban J connectivity index is 1.96. The summed E-state index contributed by atoms with van der Waals surface area (Å²) >= 11 is 0. The number of nitrogens with two attached hydrogens (primary N) is 1. The van der Waals surface area contributed by atoms with E-state index in [1.165, 1.54) is 35.6 Å². The molecule has 2 aromatic rings. The van der Waals surface area contributed by atoms with Crippen LogP contribution in [0.1, 0.15) is 51.5 Å². The Bertz CT molecular complexity index is 614. The fourth-order valence-corrected chi connectivity index (χ4v) is 3.48. The van der Waals surface area contributed by atoms with Crippen molar-refractivity contribution >= 4 is 10.8 Å². The first-order valence-electron chi connectivity index (χ1n) is 7.77. The minimum atomic E-state index is -0.141. The third-order valence-corrected chi connectivity index (χ3v) is 5.05. The van der Waals surface area contributed by atoms with E-state index in [0.717, 1.165) is 12.8 Å². The maximum Gasteiger partial charge on any atom is 0.0410 e. The van der Waals surface area contributed by atoms with E-state index in [4.69, 9.17) is 5.73 Å². The lowest BCUT2D eigenvalue weighted by Gasteiger charge is -2.30. The molecule has 1 saturated carbocycles. The summed E-state index contributed by atoms with van der Waals surface area (Å²) in [6.45, 7) is 4.75. The number of hydrogen-bond acceptors (Lipinski definition) is 1. The normalized spacial score (nSPS) is 26.4. The van der Waals surface area contributed by atoms with Gasteiger partial charge in [0.05, 0.1) is 0 Å². The fraction of sp³-hybridized carbons (Fsp3) is 0.474. The molecule has 0 bridgehead atoms. The maximum atomic E-state index is 6.79. The molecule has 2 aromatic carbocycles. The molecule has 1 unspecified atom stereocenters. The molecule has 1 aliphatic carbocycles. The Labute approximate surface area is 122 Å². The standard InChI is InChI=1S/C19H25N/c1-18(2)10-5-11-19(20,13-12-18)17-9-8-15-6-3-4-7-16(15)14-17/h3-4,6-9,14H,5,10-13,20H2,1-2H3. The van der Waals surface area contributed by atoms with E-state index in [9.17, 15) is 0 Å². The number of hydrogen-bond donors (Lipinski definition) is 1. The van der Waals surface area contributed by atoms with Crippen molar-refractivity contribution in [3.8, 4) is 0 Å². The maximum absolute atomic E-state index is 6.79. The summed E-state index contributed by atoms with van der Waals surface area (Å²) in [7, 11) is 0. The number of benzene rings is 2. The molecule has 2 N–H and O–H groups in total.